The van der Waals surface area contributed by atoms with E-state index in [4.69, 9.17) is 10.5 Å². The highest BCUT2D eigenvalue weighted by atomic mass is 32.2. The lowest BCUT2D eigenvalue weighted by molar-refractivity contribution is -0.438. The number of aromatic amines is 1. The van der Waals surface area contributed by atoms with Gasteiger partial charge in [-0.25, -0.2) is 14.8 Å². The van der Waals surface area contributed by atoms with E-state index in [0.717, 1.165) is 82.8 Å². The van der Waals surface area contributed by atoms with Crippen LogP contribution in [0.3, 0.4) is 0 Å². The molecule has 452 valence electrons. The maximum atomic E-state index is 13.5. The number of carbonyl (C=O) groups is 2. The number of nitrogens with zero attached hydrogens (tertiary/aromatic N) is 5. The number of fused-ring (bicyclic) bond motifs is 3. The fourth-order valence-electron chi connectivity index (χ4n) is 11.6. The number of nitrogens with two attached hydrogens (primary N) is 1. The number of hydrogen-bond donors (Lipinski definition) is 7. The predicted octanol–water partition coefficient (Wildman–Crippen LogP) is 9.95. The van der Waals surface area contributed by atoms with E-state index in [-0.39, 0.29) is 47.8 Å². The molecule has 0 radical (unpaired) electrons. The van der Waals surface area contributed by atoms with Crippen LogP contribution in [-0.2, 0) is 54.6 Å². The van der Waals surface area contributed by atoms with Gasteiger partial charge in [-0.3, -0.25) is 23.7 Å². The number of carbonyl (C=O) groups excluding carboxylic acids is 1. The van der Waals surface area contributed by atoms with Crippen LogP contribution < -0.4 is 31.6 Å². The Kier molecular flexibility index (Phi) is 18.6. The molecular formula is C64H74N9O11S2+. The van der Waals surface area contributed by atoms with Gasteiger partial charge in [0.2, 0.25) is 11.6 Å². The molecule has 6 aromatic rings. The molecule has 9 rings (SSSR count). The smallest absolute Gasteiger partial charge is 0.326 e. The van der Waals surface area contributed by atoms with Crippen molar-refractivity contribution in [1.82, 2.24) is 25.3 Å². The summed E-state index contributed by atoms with van der Waals surface area (Å²) in [6.07, 6.45) is 15.9. The van der Waals surface area contributed by atoms with E-state index < -0.39 is 60.3 Å². The summed E-state index contributed by atoms with van der Waals surface area (Å²) in [4.78, 5) is 55.7. The highest BCUT2D eigenvalue weighted by molar-refractivity contribution is 7.85. The number of carboxylic acid groups (broad SMARTS) is 1. The summed E-state index contributed by atoms with van der Waals surface area (Å²) in [5, 5.41) is 16.2. The molecule has 0 saturated heterocycles. The van der Waals surface area contributed by atoms with E-state index in [2.05, 4.69) is 124 Å². The number of rotatable bonds is 24. The number of unbranched alkanes of at least 4 members (excludes halogenated alkanes) is 3. The Bertz CT molecular complexity index is 4060. The van der Waals surface area contributed by atoms with Crippen LogP contribution in [-0.4, -0.2) is 98.0 Å². The van der Waals surface area contributed by atoms with Crippen LogP contribution in [0.2, 0.25) is 0 Å². The first-order chi connectivity index (χ1) is 40.8. The number of hydrogen-bond acceptors (Lipinski definition) is 14. The minimum atomic E-state index is -4.27. The van der Waals surface area contributed by atoms with Gasteiger partial charge in [-0.05, 0) is 148 Å². The number of anilines is 3. The van der Waals surface area contributed by atoms with Crippen molar-refractivity contribution in [3.63, 3.8) is 0 Å². The van der Waals surface area contributed by atoms with Gasteiger partial charge in [0, 0.05) is 65.1 Å². The summed E-state index contributed by atoms with van der Waals surface area (Å²) in [5.74, 6) is -1.53. The van der Waals surface area contributed by atoms with Crippen molar-refractivity contribution >= 4 is 72.0 Å². The number of nitrogens with one attached hydrogen (secondary N) is 3. The maximum Gasteiger partial charge on any atom is 0.326 e. The molecule has 0 saturated carbocycles. The molecule has 3 aliphatic rings. The lowest BCUT2D eigenvalue weighted by atomic mass is 9.80. The molecule has 2 aromatic heterocycles. The summed E-state index contributed by atoms with van der Waals surface area (Å²) < 4.78 is 76.0. The number of amides is 1. The minimum absolute atomic E-state index is 0.0268. The first-order valence-electron chi connectivity index (χ1n) is 28.8. The fourth-order valence-corrected chi connectivity index (χ4v) is 12.7. The van der Waals surface area contributed by atoms with E-state index >= 15 is 0 Å². The van der Waals surface area contributed by atoms with Crippen LogP contribution in [0.25, 0.3) is 11.2 Å². The Morgan fingerprint density at radius 2 is 1.60 bits per heavy atom. The molecule has 0 fully saturated rings. The quantitative estimate of drug-likeness (QED) is 0.0168. The highest BCUT2D eigenvalue weighted by Crippen LogP contribution is 2.49. The van der Waals surface area contributed by atoms with Gasteiger partial charge in [-0.15, -0.1) is 0 Å². The average Bonchev–Trinajstić information content (AvgIpc) is 1.78. The third kappa shape index (κ3) is 14.7. The maximum absolute atomic E-state index is 13.5. The standard InChI is InChI=1S/C64H73N9O11S2/c1-7-8-9-31-72-53-28-18-42(39-86(81,82)83)35-50(53)64(5,6)55(72)30-22-44-14-12-13-43(21-29-54-63(3,4)49-34-40(2)15-27-52(49)73(54)32-10-11-33-85(78,79)80)57(44)84-48-25-16-41(17-26-48)36-51(61(76)77)69-59(74)45-19-23-46(24-20-45)66-37-47-38-67-58-56(68-47)60(75)71-62(65)70-58/h15-30,34-35,38,51H,7-14,31-33,36-37,39H2,1-6H3,(H7-,65,66,67,69,70,71,74,75,76,77,78,79,80,81,82,83)/p+1/t51-/m1/s1. The van der Waals surface area contributed by atoms with Crippen LogP contribution in [0, 0.1) is 6.92 Å². The van der Waals surface area contributed by atoms with Crippen LogP contribution >= 0.6 is 0 Å². The summed E-state index contributed by atoms with van der Waals surface area (Å²) in [7, 11) is -8.39. The topological polar surface area (TPSA) is 300 Å². The fraction of sp³-hybridized carbons (Fsp3) is 0.359. The molecule has 86 heavy (non-hydrogen) atoms. The van der Waals surface area contributed by atoms with Crippen LogP contribution in [0.4, 0.5) is 23.0 Å². The Morgan fingerprint density at radius 1 is 0.860 bits per heavy atom. The van der Waals surface area contributed by atoms with Gasteiger partial charge in [-0.2, -0.15) is 26.4 Å². The van der Waals surface area contributed by atoms with Crippen molar-refractivity contribution in [1.29, 1.82) is 0 Å². The molecule has 0 unspecified atom stereocenters. The molecule has 0 spiro atoms. The number of H-pyrrole nitrogens is 1. The van der Waals surface area contributed by atoms with Crippen molar-refractivity contribution in [3.05, 3.63) is 187 Å². The summed E-state index contributed by atoms with van der Waals surface area (Å²) in [6.45, 7) is 14.3. The Labute approximate surface area is 501 Å². The van der Waals surface area contributed by atoms with E-state index in [1.54, 1.807) is 54.6 Å². The molecule has 8 N–H and O–H groups in total. The molecule has 1 amide bonds. The molecule has 22 heteroatoms. The first kappa shape index (κ1) is 62.2. The van der Waals surface area contributed by atoms with Crippen molar-refractivity contribution in [2.45, 2.75) is 128 Å². The van der Waals surface area contributed by atoms with Gasteiger partial charge in [0.05, 0.1) is 29.6 Å². The molecule has 0 bridgehead atoms. The second-order valence-corrected chi connectivity index (χ2v) is 26.3. The number of aromatic nitrogens is 4. The number of allylic oxidation sites excluding steroid dienone is 7. The van der Waals surface area contributed by atoms with Crippen LogP contribution in [0.1, 0.15) is 130 Å². The lowest BCUT2D eigenvalue weighted by Crippen LogP contribution is -2.42. The van der Waals surface area contributed by atoms with E-state index in [9.17, 15) is 45.4 Å². The molecule has 1 atom stereocenters. The number of aryl methyl sites for hydroxylation is 1. The third-order valence-electron chi connectivity index (χ3n) is 16.0. The van der Waals surface area contributed by atoms with Crippen molar-refractivity contribution in [2.75, 3.05) is 34.8 Å². The second kappa shape index (κ2) is 25.7. The largest absolute Gasteiger partial charge is 0.480 e. The zero-order chi connectivity index (χ0) is 61.7. The van der Waals surface area contributed by atoms with Crippen molar-refractivity contribution in [3.8, 4) is 5.75 Å². The van der Waals surface area contributed by atoms with Gasteiger partial charge in [0.1, 0.15) is 29.8 Å². The summed E-state index contributed by atoms with van der Waals surface area (Å²) in [5.41, 5.74) is 15.9. The molecular weight excluding hydrogens is 1130 g/mol. The van der Waals surface area contributed by atoms with E-state index in [0.29, 0.717) is 59.8 Å². The number of benzene rings is 4. The highest BCUT2D eigenvalue weighted by Gasteiger charge is 2.45. The summed E-state index contributed by atoms with van der Waals surface area (Å²) >= 11 is 0. The van der Waals surface area contributed by atoms with Gasteiger partial charge >= 0.3 is 5.97 Å². The number of carboxylic acids is 1. The van der Waals surface area contributed by atoms with Crippen molar-refractivity contribution < 1.29 is 49.9 Å². The third-order valence-corrected chi connectivity index (χ3v) is 17.5. The van der Waals surface area contributed by atoms with Crippen LogP contribution in [0.5, 0.6) is 5.75 Å². The molecule has 2 aliphatic heterocycles. The second-order valence-electron chi connectivity index (χ2n) is 23.3. The van der Waals surface area contributed by atoms with Gasteiger partial charge in [0.15, 0.2) is 16.9 Å². The van der Waals surface area contributed by atoms with E-state index in [1.807, 2.05) is 12.1 Å². The van der Waals surface area contributed by atoms with Gasteiger partial charge in [-0.1, -0.05) is 69.2 Å². The summed E-state index contributed by atoms with van der Waals surface area (Å²) in [6, 6.07) is 24.3. The van der Waals surface area contributed by atoms with Gasteiger partial charge < -0.3 is 31.1 Å². The Morgan fingerprint density at radius 3 is 2.31 bits per heavy atom. The molecule has 1 aliphatic carbocycles. The van der Waals surface area contributed by atoms with Gasteiger partial charge in [0.25, 0.3) is 31.7 Å². The average molecular weight is 1210 g/mol. The van der Waals surface area contributed by atoms with E-state index in [1.165, 1.54) is 6.20 Å². The molecule has 4 aromatic carbocycles. The van der Waals surface area contributed by atoms with Crippen LogP contribution in [0.15, 0.2) is 143 Å². The number of aliphatic carboxylic acids is 1. The zero-order valence-corrected chi connectivity index (χ0v) is 50.8. The first-order valence-corrected chi connectivity index (χ1v) is 32.1. The monoisotopic (exact) mass is 1210 g/mol. The minimum Gasteiger partial charge on any atom is -0.480 e. The lowest BCUT2D eigenvalue weighted by Gasteiger charge is -2.27. The molecule has 4 heterocycles. The number of ether oxygens (including phenoxy) is 1. The number of nitrogen functional groups attached to an aromatic ring is 1. The van der Waals surface area contributed by atoms with Crippen molar-refractivity contribution in [2.24, 2.45) is 0 Å². The zero-order valence-electron chi connectivity index (χ0n) is 49.2. The molecule has 20 nitrogen and oxygen atoms in total. The SMILES string of the molecule is CCCCC[N+]1=C(/C=C/C2=C(Oc3ccc(C[C@@H](NC(=O)c4ccc(NCc5cnc6nc(N)[nH]c(=O)c6n5)cc4)C(=O)O)cc3)C(=C/C=C3/N(CCCCS(=O)(=O)O)c4ccc(C)cc4C3(C)C)/CCC2)C(C)(C)c2cc(CS(=O)(=O)O)ccc21. The Balaban J connectivity index is 0.994. The predicted molar refractivity (Wildman–Crippen MR) is 333 cm³/mol. The normalized spacial score (nSPS) is 17.0. The Hall–Kier alpha value is -8.31.